The van der Waals surface area contributed by atoms with Crippen LogP contribution in [-0.4, -0.2) is 43.8 Å². The zero-order valence-corrected chi connectivity index (χ0v) is 24.8. The standard InChI is InChI=1S/C30H33Cl2N3O4S/c1-21-7-15-27(16-8-21)35(40(38,39)28-17-13-25(32)14-18-28)20-29(36)34(19-23-9-11-24(31)12-10-23)22(2)30(37)33-26-5-3-4-6-26/h7-18,22,26H,3-6,19-20H2,1-2H3,(H,33,37)/t22-/m1/s1. The molecule has 4 rings (SSSR count). The van der Waals surface area contributed by atoms with Crippen LogP contribution in [0.2, 0.25) is 10.0 Å². The van der Waals surface area contributed by atoms with E-state index in [2.05, 4.69) is 5.32 Å². The maximum absolute atomic E-state index is 14.0. The first-order valence-electron chi connectivity index (χ1n) is 13.2. The molecule has 3 aromatic rings. The molecule has 2 amide bonds. The number of aryl methyl sites for hydroxylation is 1. The SMILES string of the molecule is Cc1ccc(N(CC(=O)N(Cc2ccc(Cl)cc2)[C@H](C)C(=O)NC2CCCC2)S(=O)(=O)c2ccc(Cl)cc2)cc1. The first kappa shape index (κ1) is 29.9. The molecule has 1 atom stereocenters. The molecule has 1 fully saturated rings. The van der Waals surface area contributed by atoms with E-state index in [0.717, 1.165) is 41.1 Å². The minimum atomic E-state index is -4.15. The lowest BCUT2D eigenvalue weighted by Gasteiger charge is -2.32. The molecule has 1 N–H and O–H groups in total. The second kappa shape index (κ2) is 13.1. The Morgan fingerprint density at radius 3 is 2.02 bits per heavy atom. The molecular weight excluding hydrogens is 569 g/mol. The summed E-state index contributed by atoms with van der Waals surface area (Å²) in [6.45, 7) is 3.17. The van der Waals surface area contributed by atoms with E-state index in [1.165, 1.54) is 29.2 Å². The number of nitrogens with one attached hydrogen (secondary N) is 1. The van der Waals surface area contributed by atoms with Crippen molar-refractivity contribution in [3.8, 4) is 0 Å². The predicted molar refractivity (Wildman–Crippen MR) is 159 cm³/mol. The maximum Gasteiger partial charge on any atom is 0.264 e. The summed E-state index contributed by atoms with van der Waals surface area (Å²) in [7, 11) is -4.15. The number of benzene rings is 3. The lowest BCUT2D eigenvalue weighted by Crippen LogP contribution is -2.52. The Labute approximate surface area is 246 Å². The van der Waals surface area contributed by atoms with Gasteiger partial charge in [0.15, 0.2) is 0 Å². The summed E-state index contributed by atoms with van der Waals surface area (Å²) in [5.74, 6) is -0.779. The van der Waals surface area contributed by atoms with Crippen molar-refractivity contribution in [2.24, 2.45) is 0 Å². The van der Waals surface area contributed by atoms with Crippen molar-refractivity contribution < 1.29 is 18.0 Å². The maximum atomic E-state index is 14.0. The van der Waals surface area contributed by atoms with Gasteiger partial charge in [0.25, 0.3) is 10.0 Å². The molecule has 1 aliphatic carbocycles. The summed E-state index contributed by atoms with van der Waals surface area (Å²) in [6, 6.07) is 18.9. The second-order valence-corrected chi connectivity index (χ2v) is 12.9. The van der Waals surface area contributed by atoms with Crippen LogP contribution in [0.1, 0.15) is 43.7 Å². The molecule has 10 heteroatoms. The van der Waals surface area contributed by atoms with Gasteiger partial charge in [-0.25, -0.2) is 8.42 Å². The van der Waals surface area contributed by atoms with Crippen molar-refractivity contribution in [3.05, 3.63) is 94.0 Å². The highest BCUT2D eigenvalue weighted by Crippen LogP contribution is 2.26. The van der Waals surface area contributed by atoms with Gasteiger partial charge < -0.3 is 10.2 Å². The molecule has 3 aromatic carbocycles. The molecule has 0 bridgehead atoms. The molecule has 0 aliphatic heterocycles. The predicted octanol–water partition coefficient (Wildman–Crippen LogP) is 5.97. The monoisotopic (exact) mass is 601 g/mol. The van der Waals surface area contributed by atoms with E-state index in [1.54, 1.807) is 55.5 Å². The van der Waals surface area contributed by atoms with Crippen LogP contribution in [0, 0.1) is 6.92 Å². The van der Waals surface area contributed by atoms with Crippen molar-refractivity contribution in [1.29, 1.82) is 0 Å². The molecule has 0 saturated heterocycles. The summed E-state index contributed by atoms with van der Waals surface area (Å²) in [5.41, 5.74) is 2.05. The lowest BCUT2D eigenvalue weighted by atomic mass is 10.1. The van der Waals surface area contributed by atoms with Gasteiger partial charge in [-0.1, -0.05) is 65.9 Å². The Balaban J connectivity index is 1.67. The number of halogens is 2. The Hall–Kier alpha value is -3.07. The summed E-state index contributed by atoms with van der Waals surface area (Å²) in [6.07, 6.45) is 3.93. The van der Waals surface area contributed by atoms with Gasteiger partial charge in [-0.05, 0) is 80.8 Å². The summed E-state index contributed by atoms with van der Waals surface area (Å²) >= 11 is 12.1. The molecule has 40 heavy (non-hydrogen) atoms. The minimum Gasteiger partial charge on any atom is -0.352 e. The van der Waals surface area contributed by atoms with Crippen LogP contribution in [0.25, 0.3) is 0 Å². The molecule has 1 aliphatic rings. The second-order valence-electron chi connectivity index (χ2n) is 10.1. The van der Waals surface area contributed by atoms with Crippen molar-refractivity contribution in [3.63, 3.8) is 0 Å². The highest BCUT2D eigenvalue weighted by molar-refractivity contribution is 7.92. The third-order valence-corrected chi connectivity index (χ3v) is 9.43. The highest BCUT2D eigenvalue weighted by Gasteiger charge is 2.33. The van der Waals surface area contributed by atoms with Crippen molar-refractivity contribution in [2.45, 2.75) is 63.1 Å². The lowest BCUT2D eigenvalue weighted by molar-refractivity contribution is -0.139. The number of rotatable bonds is 10. The van der Waals surface area contributed by atoms with Crippen LogP contribution in [0.3, 0.4) is 0 Å². The van der Waals surface area contributed by atoms with Crippen LogP contribution in [0.15, 0.2) is 77.7 Å². The number of sulfonamides is 1. The fourth-order valence-electron chi connectivity index (χ4n) is 4.73. The Bertz CT molecular complexity index is 1420. The van der Waals surface area contributed by atoms with Crippen molar-refractivity contribution >= 4 is 50.7 Å². The molecule has 1 saturated carbocycles. The first-order valence-corrected chi connectivity index (χ1v) is 15.4. The number of amides is 2. The quantitative estimate of drug-likeness (QED) is 0.310. The summed E-state index contributed by atoms with van der Waals surface area (Å²) in [5, 5.41) is 4.01. The molecule has 0 aromatic heterocycles. The molecule has 0 spiro atoms. The number of anilines is 1. The van der Waals surface area contributed by atoms with Crippen molar-refractivity contribution in [2.75, 3.05) is 10.8 Å². The number of hydrogen-bond donors (Lipinski definition) is 1. The number of carbonyl (C=O) groups excluding carboxylic acids is 2. The topological polar surface area (TPSA) is 86.8 Å². The van der Waals surface area contributed by atoms with Gasteiger partial charge in [-0.15, -0.1) is 0 Å². The van der Waals surface area contributed by atoms with Crippen LogP contribution in [-0.2, 0) is 26.2 Å². The van der Waals surface area contributed by atoms with Gasteiger partial charge in [-0.3, -0.25) is 13.9 Å². The Morgan fingerprint density at radius 1 is 0.900 bits per heavy atom. The van der Waals surface area contributed by atoms with Gasteiger partial charge >= 0.3 is 0 Å². The van der Waals surface area contributed by atoms with Crippen LogP contribution in [0.5, 0.6) is 0 Å². The van der Waals surface area contributed by atoms with Crippen molar-refractivity contribution in [1.82, 2.24) is 10.2 Å². The van der Waals surface area contributed by atoms with E-state index < -0.39 is 28.5 Å². The number of carbonyl (C=O) groups is 2. The average molecular weight is 603 g/mol. The van der Waals surface area contributed by atoms with Crippen LogP contribution >= 0.6 is 23.2 Å². The summed E-state index contributed by atoms with van der Waals surface area (Å²) < 4.78 is 28.7. The van der Waals surface area contributed by atoms with E-state index in [1.807, 2.05) is 6.92 Å². The third kappa shape index (κ3) is 7.36. The van der Waals surface area contributed by atoms with Gasteiger partial charge in [0.2, 0.25) is 11.8 Å². The normalized spacial score (nSPS) is 14.5. The fraction of sp³-hybridized carbons (Fsp3) is 0.333. The van der Waals surface area contributed by atoms with E-state index in [4.69, 9.17) is 23.2 Å². The fourth-order valence-corrected chi connectivity index (χ4v) is 6.40. The highest BCUT2D eigenvalue weighted by atomic mass is 35.5. The van der Waals surface area contributed by atoms with Crippen LogP contribution < -0.4 is 9.62 Å². The smallest absolute Gasteiger partial charge is 0.264 e. The molecule has 0 radical (unpaired) electrons. The largest absolute Gasteiger partial charge is 0.352 e. The summed E-state index contributed by atoms with van der Waals surface area (Å²) in [4.78, 5) is 28.7. The van der Waals surface area contributed by atoms with E-state index >= 15 is 0 Å². The molecule has 212 valence electrons. The zero-order valence-electron chi connectivity index (χ0n) is 22.5. The molecule has 0 unspecified atom stereocenters. The van der Waals surface area contributed by atoms with E-state index in [0.29, 0.717) is 15.7 Å². The Morgan fingerprint density at radius 2 is 1.45 bits per heavy atom. The first-order chi connectivity index (χ1) is 19.0. The molecule has 7 nitrogen and oxygen atoms in total. The number of hydrogen-bond acceptors (Lipinski definition) is 4. The van der Waals surface area contributed by atoms with Crippen LogP contribution in [0.4, 0.5) is 5.69 Å². The van der Waals surface area contributed by atoms with Gasteiger partial charge in [-0.2, -0.15) is 0 Å². The average Bonchev–Trinajstić information content (AvgIpc) is 3.44. The van der Waals surface area contributed by atoms with Gasteiger partial charge in [0.1, 0.15) is 12.6 Å². The minimum absolute atomic E-state index is 0.00144. The Kier molecular flexibility index (Phi) is 9.77. The molecular formula is C30H33Cl2N3O4S. The zero-order chi connectivity index (χ0) is 28.9. The van der Waals surface area contributed by atoms with Gasteiger partial charge in [0.05, 0.1) is 10.6 Å². The van der Waals surface area contributed by atoms with E-state index in [9.17, 15) is 18.0 Å². The number of nitrogens with zero attached hydrogens (tertiary/aromatic N) is 2. The molecule has 0 heterocycles. The van der Waals surface area contributed by atoms with E-state index in [-0.39, 0.29) is 23.4 Å². The third-order valence-electron chi connectivity index (χ3n) is 7.14. The van der Waals surface area contributed by atoms with Gasteiger partial charge in [0, 0.05) is 22.6 Å².